The Balaban J connectivity index is 1.62. The maximum absolute atomic E-state index is 2.44. The van der Waals surface area contributed by atoms with Gasteiger partial charge in [-0.25, -0.2) is 0 Å². The van der Waals surface area contributed by atoms with Crippen LogP contribution >= 0.6 is 0 Å². The highest BCUT2D eigenvalue weighted by atomic mass is 14.5. The van der Waals surface area contributed by atoms with Crippen LogP contribution < -0.4 is 0 Å². The monoisotopic (exact) mass is 396 g/mol. The molecule has 0 aromatic heterocycles. The van der Waals surface area contributed by atoms with Crippen LogP contribution in [0.2, 0.25) is 0 Å². The highest BCUT2D eigenvalue weighted by Gasteiger charge is 2.47. The molecule has 0 N–H and O–H groups in total. The molecule has 31 heavy (non-hydrogen) atoms. The Labute approximate surface area is 184 Å². The number of hydrogen-bond donors (Lipinski definition) is 0. The van der Waals surface area contributed by atoms with Gasteiger partial charge in [-0.1, -0.05) is 133 Å². The molecule has 0 bridgehead atoms. The summed E-state index contributed by atoms with van der Waals surface area (Å²) >= 11 is 0. The average Bonchev–Trinajstić information content (AvgIpc) is 3.41. The summed E-state index contributed by atoms with van der Waals surface area (Å²) in [6, 6.07) is 39.8. The molecule has 2 aliphatic rings. The molecule has 0 fully saturated rings. The number of fused-ring (bicyclic) bond motifs is 2. The van der Waals surface area contributed by atoms with Crippen LogP contribution in [0.15, 0.2) is 121 Å². The van der Waals surface area contributed by atoms with Crippen LogP contribution in [0.4, 0.5) is 0 Å². The minimum absolute atomic E-state index is 0.185. The van der Waals surface area contributed by atoms with Crippen molar-refractivity contribution in [3.05, 3.63) is 155 Å². The first-order chi connectivity index (χ1) is 15.3. The van der Waals surface area contributed by atoms with Crippen molar-refractivity contribution in [1.82, 2.24) is 0 Å². The number of hydrogen-bond acceptors (Lipinski definition) is 0. The summed E-state index contributed by atoms with van der Waals surface area (Å²) in [5, 5.41) is 0. The van der Waals surface area contributed by atoms with E-state index in [4.69, 9.17) is 0 Å². The predicted octanol–water partition coefficient (Wildman–Crippen LogP) is 7.40. The van der Waals surface area contributed by atoms with Gasteiger partial charge in [0, 0.05) is 10.8 Å². The van der Waals surface area contributed by atoms with Crippen molar-refractivity contribution < 1.29 is 0 Å². The lowest BCUT2D eigenvalue weighted by atomic mass is 9.61. The molecule has 0 saturated heterocycles. The molecule has 0 aliphatic heterocycles. The van der Waals surface area contributed by atoms with Crippen molar-refractivity contribution in [1.29, 1.82) is 0 Å². The van der Waals surface area contributed by atoms with Gasteiger partial charge in [0.1, 0.15) is 0 Å². The quantitative estimate of drug-likeness (QED) is 0.337. The first kappa shape index (κ1) is 18.2. The van der Waals surface area contributed by atoms with Crippen molar-refractivity contribution in [3.8, 4) is 0 Å². The van der Waals surface area contributed by atoms with Crippen LogP contribution in [-0.4, -0.2) is 0 Å². The second-order valence-electron chi connectivity index (χ2n) is 8.69. The molecule has 148 valence electrons. The molecular weight excluding hydrogens is 372 g/mol. The smallest absolute Gasteiger partial charge is 0.0405 e. The Morgan fingerprint density at radius 3 is 1.26 bits per heavy atom. The topological polar surface area (TPSA) is 0 Å². The molecule has 0 amide bonds. The third-order valence-electron chi connectivity index (χ3n) is 7.11. The number of benzene rings is 4. The zero-order valence-corrected chi connectivity index (χ0v) is 17.4. The Bertz CT molecular complexity index is 1190. The van der Waals surface area contributed by atoms with Crippen LogP contribution in [0.25, 0.3) is 12.2 Å². The summed E-state index contributed by atoms with van der Waals surface area (Å²) in [4.78, 5) is 0. The molecule has 0 spiro atoms. The van der Waals surface area contributed by atoms with E-state index in [0.29, 0.717) is 0 Å². The van der Waals surface area contributed by atoms with Crippen LogP contribution in [0, 0.1) is 0 Å². The van der Waals surface area contributed by atoms with Crippen LogP contribution in [0.3, 0.4) is 0 Å². The fraction of sp³-hybridized carbons (Fsp3) is 0.0968. The Hall–Kier alpha value is -3.64. The predicted molar refractivity (Wildman–Crippen MR) is 130 cm³/mol. The van der Waals surface area contributed by atoms with Crippen LogP contribution in [0.1, 0.15) is 39.8 Å². The van der Waals surface area contributed by atoms with Crippen molar-refractivity contribution >= 4 is 12.2 Å². The SMILES string of the molecule is C1=CC(CC2(c3ccccc3)C=Cc3ccccc32)(c2ccccc2)c2ccccc21. The van der Waals surface area contributed by atoms with Gasteiger partial charge in [0.15, 0.2) is 0 Å². The Kier molecular flexibility index (Phi) is 4.07. The van der Waals surface area contributed by atoms with Gasteiger partial charge in [-0.15, -0.1) is 0 Å². The average molecular weight is 397 g/mol. The van der Waals surface area contributed by atoms with Crippen molar-refractivity contribution in [2.45, 2.75) is 17.3 Å². The summed E-state index contributed by atoms with van der Waals surface area (Å²) in [6.07, 6.45) is 10.4. The molecule has 2 atom stereocenters. The van der Waals surface area contributed by atoms with Crippen LogP contribution in [-0.2, 0) is 10.8 Å². The molecule has 0 heterocycles. The Morgan fingerprint density at radius 1 is 0.419 bits per heavy atom. The van der Waals surface area contributed by atoms with Gasteiger partial charge in [0.25, 0.3) is 0 Å². The molecule has 2 unspecified atom stereocenters. The number of rotatable bonds is 4. The fourth-order valence-corrected chi connectivity index (χ4v) is 5.67. The number of allylic oxidation sites excluding steroid dienone is 2. The minimum atomic E-state index is -0.185. The van der Waals surface area contributed by atoms with Crippen LogP contribution in [0.5, 0.6) is 0 Å². The zero-order chi connectivity index (χ0) is 20.7. The lowest BCUT2D eigenvalue weighted by molar-refractivity contribution is 0.472. The summed E-state index contributed by atoms with van der Waals surface area (Å²) in [6.45, 7) is 0. The molecule has 0 saturated carbocycles. The molecule has 0 nitrogen and oxygen atoms in total. The first-order valence-corrected chi connectivity index (χ1v) is 11.0. The van der Waals surface area contributed by atoms with E-state index in [1.54, 1.807) is 0 Å². The van der Waals surface area contributed by atoms with Gasteiger partial charge in [-0.3, -0.25) is 0 Å². The lowest BCUT2D eigenvalue weighted by Crippen LogP contribution is -2.36. The normalized spacial score (nSPS) is 23.0. The van der Waals surface area contributed by atoms with E-state index < -0.39 is 0 Å². The molecule has 4 aromatic carbocycles. The van der Waals surface area contributed by atoms with E-state index in [1.165, 1.54) is 33.4 Å². The summed E-state index contributed by atoms with van der Waals surface area (Å²) in [5.74, 6) is 0. The van der Waals surface area contributed by atoms with Gasteiger partial charge in [0.05, 0.1) is 0 Å². The van der Waals surface area contributed by atoms with E-state index >= 15 is 0 Å². The van der Waals surface area contributed by atoms with Crippen molar-refractivity contribution in [2.24, 2.45) is 0 Å². The van der Waals surface area contributed by atoms with Crippen molar-refractivity contribution in [3.63, 3.8) is 0 Å². The summed E-state index contributed by atoms with van der Waals surface area (Å²) in [7, 11) is 0. The largest absolute Gasteiger partial charge is 0.0689 e. The first-order valence-electron chi connectivity index (χ1n) is 11.0. The summed E-state index contributed by atoms with van der Waals surface area (Å²) < 4.78 is 0. The summed E-state index contributed by atoms with van der Waals surface area (Å²) in [5.41, 5.74) is 7.78. The Morgan fingerprint density at radius 2 is 0.806 bits per heavy atom. The molecule has 4 aromatic rings. The second-order valence-corrected chi connectivity index (χ2v) is 8.69. The van der Waals surface area contributed by atoms with Gasteiger partial charge >= 0.3 is 0 Å². The fourth-order valence-electron chi connectivity index (χ4n) is 5.67. The highest BCUT2D eigenvalue weighted by molar-refractivity contribution is 5.73. The molecule has 6 rings (SSSR count). The second kappa shape index (κ2) is 6.96. The standard InChI is InChI=1S/C31H24/c1-3-13-26(14-4-1)30(21-19-24-11-7-9-17-28(24)30)23-31(27-15-5-2-6-16-27)22-20-25-12-8-10-18-29(25)31/h1-22H,23H2. The van der Waals surface area contributed by atoms with E-state index in [9.17, 15) is 0 Å². The molecule has 0 heteroatoms. The van der Waals surface area contributed by atoms with E-state index in [-0.39, 0.29) is 10.8 Å². The maximum atomic E-state index is 2.44. The third-order valence-corrected chi connectivity index (χ3v) is 7.11. The van der Waals surface area contributed by atoms with Gasteiger partial charge in [-0.2, -0.15) is 0 Å². The van der Waals surface area contributed by atoms with Gasteiger partial charge in [-0.05, 0) is 39.8 Å². The zero-order valence-electron chi connectivity index (χ0n) is 17.4. The van der Waals surface area contributed by atoms with E-state index in [2.05, 4.69) is 133 Å². The molecule has 0 radical (unpaired) electrons. The van der Waals surface area contributed by atoms with Gasteiger partial charge in [0.2, 0.25) is 0 Å². The maximum Gasteiger partial charge on any atom is 0.0405 e. The highest BCUT2D eigenvalue weighted by Crippen LogP contribution is 2.54. The van der Waals surface area contributed by atoms with Crippen molar-refractivity contribution in [2.75, 3.05) is 0 Å². The van der Waals surface area contributed by atoms with E-state index in [0.717, 1.165) is 6.42 Å². The lowest BCUT2D eigenvalue weighted by Gasteiger charge is -2.40. The van der Waals surface area contributed by atoms with E-state index in [1.807, 2.05) is 0 Å². The van der Waals surface area contributed by atoms with Gasteiger partial charge < -0.3 is 0 Å². The third kappa shape index (κ3) is 2.68. The minimum Gasteiger partial charge on any atom is -0.0689 e. The molecular formula is C31H24. The molecule has 2 aliphatic carbocycles.